The Kier molecular flexibility index (Phi) is 4.14. The quantitative estimate of drug-likeness (QED) is 0.695. The number of aromatic nitrogens is 3. The van der Waals surface area contributed by atoms with Gasteiger partial charge in [0.25, 0.3) is 5.56 Å². The molecule has 26 heavy (non-hydrogen) atoms. The van der Waals surface area contributed by atoms with Gasteiger partial charge in [0.05, 0.1) is 16.4 Å². The maximum absolute atomic E-state index is 13.0. The molecular formula is C19H24N4O2S. The molecular weight excluding hydrogens is 348 g/mol. The van der Waals surface area contributed by atoms with E-state index in [1.165, 1.54) is 9.56 Å². The second-order valence-corrected chi connectivity index (χ2v) is 8.69. The van der Waals surface area contributed by atoms with Gasteiger partial charge >= 0.3 is 0 Å². The average Bonchev–Trinajstić information content (AvgIpc) is 3.07. The van der Waals surface area contributed by atoms with E-state index in [-0.39, 0.29) is 30.1 Å². The fraction of sp³-hybridized carbons (Fsp3) is 0.526. The maximum Gasteiger partial charge on any atom is 0.291 e. The maximum atomic E-state index is 13.0. The third-order valence-electron chi connectivity index (χ3n) is 5.56. The molecule has 0 saturated carbocycles. The number of hydrogen-bond acceptors (Lipinski definition) is 4. The third kappa shape index (κ3) is 2.57. The minimum atomic E-state index is -0.197. The first-order chi connectivity index (χ1) is 12.4. The first-order valence-corrected chi connectivity index (χ1v) is 9.96. The lowest BCUT2D eigenvalue weighted by Crippen LogP contribution is -2.49. The summed E-state index contributed by atoms with van der Waals surface area (Å²) in [6, 6.07) is 2.52. The first-order valence-electron chi connectivity index (χ1n) is 9.14. The molecule has 0 bridgehead atoms. The van der Waals surface area contributed by atoms with Crippen LogP contribution < -0.4 is 5.56 Å². The largest absolute Gasteiger partial charge is 0.338 e. The van der Waals surface area contributed by atoms with Gasteiger partial charge in [-0.15, -0.1) is 11.3 Å². The molecule has 0 aliphatic carbocycles. The molecule has 3 aromatic heterocycles. The zero-order chi connectivity index (χ0) is 18.6. The van der Waals surface area contributed by atoms with Crippen molar-refractivity contribution in [3.63, 3.8) is 0 Å². The van der Waals surface area contributed by atoms with E-state index >= 15 is 0 Å². The standard InChI is InChI=1S/C19H24N4O2S/c1-11-6-5-7-12(2)23(11)16(24)10-22-19(25)17-14(9-20-22)18-15(21(17)4)8-13(3)26-18/h8-9,11-12H,5-7,10H2,1-4H3/t11-,12+. The molecule has 1 aliphatic heterocycles. The Hall–Kier alpha value is -2.15. The minimum Gasteiger partial charge on any atom is -0.338 e. The molecule has 0 radical (unpaired) electrons. The normalized spacial score (nSPS) is 21.0. The van der Waals surface area contributed by atoms with Gasteiger partial charge in [0, 0.05) is 29.4 Å². The molecule has 7 heteroatoms. The third-order valence-corrected chi connectivity index (χ3v) is 6.63. The van der Waals surface area contributed by atoms with Crippen LogP contribution in [-0.4, -0.2) is 37.2 Å². The summed E-state index contributed by atoms with van der Waals surface area (Å²) < 4.78 is 4.32. The summed E-state index contributed by atoms with van der Waals surface area (Å²) in [6.07, 6.45) is 4.91. The fourth-order valence-electron chi connectivity index (χ4n) is 4.27. The van der Waals surface area contributed by atoms with Crippen LogP contribution in [0.4, 0.5) is 0 Å². The lowest BCUT2D eigenvalue weighted by atomic mass is 9.97. The number of thiophene rings is 1. The van der Waals surface area contributed by atoms with Gasteiger partial charge in [-0.25, -0.2) is 4.68 Å². The van der Waals surface area contributed by atoms with Crippen LogP contribution in [0.2, 0.25) is 0 Å². The number of carbonyl (C=O) groups excluding carboxylic acids is 1. The number of hydrogen-bond donors (Lipinski definition) is 0. The molecule has 0 N–H and O–H groups in total. The molecule has 6 nitrogen and oxygen atoms in total. The monoisotopic (exact) mass is 372 g/mol. The van der Waals surface area contributed by atoms with Gasteiger partial charge in [0.2, 0.25) is 5.91 Å². The summed E-state index contributed by atoms with van der Waals surface area (Å²) in [5.41, 5.74) is 1.47. The number of amides is 1. The molecule has 0 unspecified atom stereocenters. The summed E-state index contributed by atoms with van der Waals surface area (Å²) in [5, 5.41) is 5.18. The molecule has 3 aromatic rings. The highest BCUT2D eigenvalue weighted by Crippen LogP contribution is 2.32. The van der Waals surface area contributed by atoms with Gasteiger partial charge in [-0.1, -0.05) is 0 Å². The highest BCUT2D eigenvalue weighted by molar-refractivity contribution is 7.20. The lowest BCUT2D eigenvalue weighted by molar-refractivity contribution is -0.138. The summed E-state index contributed by atoms with van der Waals surface area (Å²) in [6.45, 7) is 6.23. The van der Waals surface area contributed by atoms with E-state index in [0.717, 1.165) is 34.9 Å². The van der Waals surface area contributed by atoms with Crippen LogP contribution in [-0.2, 0) is 18.4 Å². The van der Waals surface area contributed by atoms with Gasteiger partial charge in [0.15, 0.2) is 0 Å². The Morgan fingerprint density at radius 3 is 2.69 bits per heavy atom. The number of rotatable bonds is 2. The molecule has 4 heterocycles. The van der Waals surface area contributed by atoms with Crippen molar-refractivity contribution in [3.8, 4) is 0 Å². The lowest BCUT2D eigenvalue weighted by Gasteiger charge is -2.39. The molecule has 4 rings (SSSR count). The molecule has 0 spiro atoms. The van der Waals surface area contributed by atoms with Crippen molar-refractivity contribution in [2.45, 2.75) is 58.7 Å². The number of nitrogens with zero attached hydrogens (tertiary/aromatic N) is 4. The number of aryl methyl sites for hydroxylation is 2. The van der Waals surface area contributed by atoms with Crippen molar-refractivity contribution in [2.75, 3.05) is 0 Å². The van der Waals surface area contributed by atoms with Gasteiger partial charge in [-0.3, -0.25) is 9.59 Å². The van der Waals surface area contributed by atoms with Crippen LogP contribution in [0.15, 0.2) is 17.1 Å². The van der Waals surface area contributed by atoms with Gasteiger partial charge in [0.1, 0.15) is 12.1 Å². The molecule has 1 fully saturated rings. The van der Waals surface area contributed by atoms with E-state index in [1.807, 2.05) is 16.5 Å². The molecule has 1 amide bonds. The van der Waals surface area contributed by atoms with Crippen molar-refractivity contribution >= 4 is 38.4 Å². The minimum absolute atomic E-state index is 0.00130. The second kappa shape index (κ2) is 6.23. The predicted octanol–water partition coefficient (Wildman–Crippen LogP) is 3.05. The van der Waals surface area contributed by atoms with Crippen LogP contribution in [0.25, 0.3) is 21.1 Å². The Labute approximate surface area is 156 Å². The highest BCUT2D eigenvalue weighted by atomic mass is 32.1. The van der Waals surface area contributed by atoms with E-state index in [0.29, 0.717) is 5.52 Å². The predicted molar refractivity (Wildman–Crippen MR) is 105 cm³/mol. The number of fused-ring (bicyclic) bond motifs is 3. The van der Waals surface area contributed by atoms with E-state index < -0.39 is 0 Å². The average molecular weight is 372 g/mol. The van der Waals surface area contributed by atoms with Crippen molar-refractivity contribution in [1.82, 2.24) is 19.2 Å². The molecule has 1 aliphatic rings. The van der Waals surface area contributed by atoms with Crippen LogP contribution in [0.3, 0.4) is 0 Å². The van der Waals surface area contributed by atoms with Crippen molar-refractivity contribution in [1.29, 1.82) is 0 Å². The second-order valence-electron chi connectivity index (χ2n) is 7.43. The van der Waals surface area contributed by atoms with E-state index in [9.17, 15) is 9.59 Å². The zero-order valence-electron chi connectivity index (χ0n) is 15.7. The topological polar surface area (TPSA) is 60.1 Å². The molecule has 0 aromatic carbocycles. The van der Waals surface area contributed by atoms with Gasteiger partial charge in [-0.2, -0.15) is 5.10 Å². The summed E-state index contributed by atoms with van der Waals surface area (Å²) in [4.78, 5) is 29.0. The number of likely N-dealkylation sites (tertiary alicyclic amines) is 1. The smallest absolute Gasteiger partial charge is 0.291 e. The van der Waals surface area contributed by atoms with Crippen molar-refractivity contribution in [2.24, 2.45) is 7.05 Å². The van der Waals surface area contributed by atoms with Crippen LogP contribution in [0.1, 0.15) is 38.0 Å². The Bertz CT molecular complexity index is 1050. The zero-order valence-corrected chi connectivity index (χ0v) is 16.5. The van der Waals surface area contributed by atoms with E-state index in [1.54, 1.807) is 17.5 Å². The van der Waals surface area contributed by atoms with Gasteiger partial charge in [-0.05, 0) is 46.1 Å². The van der Waals surface area contributed by atoms with Crippen molar-refractivity contribution in [3.05, 3.63) is 27.5 Å². The Morgan fingerprint density at radius 2 is 2.00 bits per heavy atom. The summed E-state index contributed by atoms with van der Waals surface area (Å²) in [7, 11) is 1.90. The highest BCUT2D eigenvalue weighted by Gasteiger charge is 2.29. The van der Waals surface area contributed by atoms with Gasteiger partial charge < -0.3 is 9.47 Å². The first kappa shape index (κ1) is 17.3. The Morgan fingerprint density at radius 1 is 1.31 bits per heavy atom. The van der Waals surface area contributed by atoms with Crippen molar-refractivity contribution < 1.29 is 4.79 Å². The van der Waals surface area contributed by atoms with Crippen LogP contribution >= 0.6 is 11.3 Å². The summed E-state index contributed by atoms with van der Waals surface area (Å²) >= 11 is 1.67. The molecule has 2 atom stereocenters. The molecule has 1 saturated heterocycles. The number of piperidine rings is 1. The fourth-order valence-corrected chi connectivity index (χ4v) is 5.32. The van der Waals surface area contributed by atoms with Crippen LogP contribution in [0, 0.1) is 6.92 Å². The SMILES string of the molecule is Cc1cc2c(s1)c1cnn(CC(=O)N3[C@H](C)CCC[C@@H]3C)c(=O)c1n2C. The molecule has 138 valence electrons. The number of carbonyl (C=O) groups is 1. The van der Waals surface area contributed by atoms with E-state index in [4.69, 9.17) is 0 Å². The Balaban J connectivity index is 1.73. The van der Waals surface area contributed by atoms with E-state index in [2.05, 4.69) is 31.9 Å². The summed E-state index contributed by atoms with van der Waals surface area (Å²) in [5.74, 6) is -0.0227. The van der Waals surface area contributed by atoms with Crippen LogP contribution in [0.5, 0.6) is 0 Å².